The number of hydrogen-bond acceptors (Lipinski definition) is 2. The summed E-state index contributed by atoms with van der Waals surface area (Å²) in [7, 11) is 0. The van der Waals surface area contributed by atoms with Crippen molar-refractivity contribution < 1.29 is 13.9 Å². The van der Waals surface area contributed by atoms with Crippen molar-refractivity contribution in [1.29, 1.82) is 0 Å². The number of aliphatic hydroxyl groups is 1. The molecule has 1 atom stereocenters. The lowest BCUT2D eigenvalue weighted by atomic mass is 9.94. The summed E-state index contributed by atoms with van der Waals surface area (Å²) in [6.07, 6.45) is 1.79. The summed E-state index contributed by atoms with van der Waals surface area (Å²) in [4.78, 5) is 0. The lowest BCUT2D eigenvalue weighted by Crippen LogP contribution is -2.24. The standard InChI is InChI=1S/C13H12BrFO2/c1-13(16,12-11(14)5-6-17-12)8-9-3-2-4-10(15)7-9/h2-7,16H,8H2,1H3. The number of halogens is 2. The van der Waals surface area contributed by atoms with E-state index < -0.39 is 5.60 Å². The van der Waals surface area contributed by atoms with Crippen LogP contribution in [0.5, 0.6) is 0 Å². The maximum atomic E-state index is 13.0. The van der Waals surface area contributed by atoms with Gasteiger partial charge in [-0.05, 0) is 46.6 Å². The lowest BCUT2D eigenvalue weighted by molar-refractivity contribution is 0.0335. The van der Waals surface area contributed by atoms with Crippen LogP contribution in [0.25, 0.3) is 0 Å². The Bertz CT molecular complexity index is 520. The van der Waals surface area contributed by atoms with Crippen molar-refractivity contribution in [1.82, 2.24) is 0 Å². The van der Waals surface area contributed by atoms with Gasteiger partial charge in [0.15, 0.2) is 0 Å². The summed E-state index contributed by atoms with van der Waals surface area (Å²) in [5.41, 5.74) is -0.450. The minimum atomic E-state index is -1.17. The van der Waals surface area contributed by atoms with Crippen LogP contribution < -0.4 is 0 Å². The predicted octanol–water partition coefficient (Wildman–Crippen LogP) is 3.63. The highest BCUT2D eigenvalue weighted by molar-refractivity contribution is 9.10. The molecular weight excluding hydrogens is 287 g/mol. The second-order valence-electron chi connectivity index (χ2n) is 4.18. The van der Waals surface area contributed by atoms with Crippen LogP contribution in [0.2, 0.25) is 0 Å². The van der Waals surface area contributed by atoms with E-state index in [9.17, 15) is 9.50 Å². The predicted molar refractivity (Wildman–Crippen MR) is 66.1 cm³/mol. The molecule has 1 N–H and O–H groups in total. The van der Waals surface area contributed by atoms with Crippen molar-refractivity contribution in [3.8, 4) is 0 Å². The smallest absolute Gasteiger partial charge is 0.149 e. The van der Waals surface area contributed by atoms with Crippen molar-refractivity contribution in [2.75, 3.05) is 0 Å². The fraction of sp³-hybridized carbons (Fsp3) is 0.231. The third kappa shape index (κ3) is 2.76. The first-order valence-corrected chi connectivity index (χ1v) is 5.98. The molecule has 0 aliphatic heterocycles. The number of hydrogen-bond donors (Lipinski definition) is 1. The Labute approximate surface area is 107 Å². The van der Waals surface area contributed by atoms with Gasteiger partial charge in [0.25, 0.3) is 0 Å². The topological polar surface area (TPSA) is 33.4 Å². The Kier molecular flexibility index (Phi) is 3.35. The maximum Gasteiger partial charge on any atom is 0.149 e. The molecule has 1 aromatic heterocycles. The highest BCUT2D eigenvalue weighted by Gasteiger charge is 2.29. The summed E-state index contributed by atoms with van der Waals surface area (Å²) >= 11 is 3.30. The van der Waals surface area contributed by atoms with E-state index in [1.807, 2.05) is 0 Å². The first-order valence-electron chi connectivity index (χ1n) is 5.19. The van der Waals surface area contributed by atoms with Gasteiger partial charge in [0, 0.05) is 6.42 Å². The maximum absolute atomic E-state index is 13.0. The minimum Gasteiger partial charge on any atom is -0.465 e. The van der Waals surface area contributed by atoms with Gasteiger partial charge in [-0.15, -0.1) is 0 Å². The fourth-order valence-corrected chi connectivity index (χ4v) is 2.43. The van der Waals surface area contributed by atoms with E-state index in [1.54, 1.807) is 25.1 Å². The molecule has 90 valence electrons. The van der Waals surface area contributed by atoms with Gasteiger partial charge < -0.3 is 9.52 Å². The van der Waals surface area contributed by atoms with Crippen LogP contribution >= 0.6 is 15.9 Å². The van der Waals surface area contributed by atoms with Crippen LogP contribution in [0.3, 0.4) is 0 Å². The van der Waals surface area contributed by atoms with Crippen molar-refractivity contribution in [2.45, 2.75) is 18.9 Å². The largest absolute Gasteiger partial charge is 0.465 e. The highest BCUT2D eigenvalue weighted by atomic mass is 79.9. The first-order chi connectivity index (χ1) is 7.99. The molecule has 2 rings (SSSR count). The van der Waals surface area contributed by atoms with Gasteiger partial charge >= 0.3 is 0 Å². The summed E-state index contributed by atoms with van der Waals surface area (Å²) in [6, 6.07) is 7.90. The lowest BCUT2D eigenvalue weighted by Gasteiger charge is -2.21. The number of furan rings is 1. The molecule has 4 heteroatoms. The molecule has 0 spiro atoms. The Morgan fingerprint density at radius 1 is 1.41 bits per heavy atom. The molecule has 0 bridgehead atoms. The van der Waals surface area contributed by atoms with Crippen LogP contribution in [-0.4, -0.2) is 5.11 Å². The monoisotopic (exact) mass is 298 g/mol. The molecule has 1 heterocycles. The van der Waals surface area contributed by atoms with Gasteiger partial charge in [-0.25, -0.2) is 4.39 Å². The SMILES string of the molecule is CC(O)(Cc1cccc(F)c1)c1occc1Br. The molecule has 0 saturated heterocycles. The fourth-order valence-electron chi connectivity index (χ4n) is 1.80. The number of benzene rings is 1. The zero-order valence-corrected chi connectivity index (χ0v) is 10.9. The molecule has 1 aromatic carbocycles. The number of rotatable bonds is 3. The summed E-state index contributed by atoms with van der Waals surface area (Å²) in [6.45, 7) is 1.64. The van der Waals surface area contributed by atoms with Crippen molar-refractivity contribution in [3.05, 3.63) is 58.2 Å². The summed E-state index contributed by atoms with van der Waals surface area (Å²) < 4.78 is 19.0. The Morgan fingerprint density at radius 2 is 2.18 bits per heavy atom. The molecule has 0 radical (unpaired) electrons. The quantitative estimate of drug-likeness (QED) is 0.939. The van der Waals surface area contributed by atoms with Crippen LogP contribution in [0, 0.1) is 5.82 Å². The van der Waals surface area contributed by atoms with Crippen LogP contribution in [-0.2, 0) is 12.0 Å². The van der Waals surface area contributed by atoms with Crippen molar-refractivity contribution in [3.63, 3.8) is 0 Å². The van der Waals surface area contributed by atoms with Gasteiger partial charge in [0.05, 0.1) is 10.7 Å². The van der Waals surface area contributed by atoms with E-state index in [2.05, 4.69) is 15.9 Å². The van der Waals surface area contributed by atoms with Gasteiger partial charge in [0.1, 0.15) is 17.2 Å². The normalized spacial score (nSPS) is 14.6. The average Bonchev–Trinajstić information content (AvgIpc) is 2.64. The first kappa shape index (κ1) is 12.3. The van der Waals surface area contributed by atoms with Gasteiger partial charge in [0.2, 0.25) is 0 Å². The summed E-state index contributed by atoms with van der Waals surface area (Å²) in [5.74, 6) is 0.138. The van der Waals surface area contributed by atoms with E-state index in [4.69, 9.17) is 4.42 Å². The Morgan fingerprint density at radius 3 is 2.76 bits per heavy atom. The van der Waals surface area contributed by atoms with Crippen molar-refractivity contribution >= 4 is 15.9 Å². The highest BCUT2D eigenvalue weighted by Crippen LogP contribution is 2.32. The van der Waals surface area contributed by atoms with Gasteiger partial charge in [-0.1, -0.05) is 12.1 Å². The van der Waals surface area contributed by atoms with E-state index in [-0.39, 0.29) is 12.2 Å². The third-order valence-electron chi connectivity index (χ3n) is 2.54. The van der Waals surface area contributed by atoms with Crippen LogP contribution in [0.4, 0.5) is 4.39 Å². The van der Waals surface area contributed by atoms with E-state index >= 15 is 0 Å². The molecular formula is C13H12BrFO2. The third-order valence-corrected chi connectivity index (χ3v) is 3.17. The second kappa shape index (κ2) is 4.63. The van der Waals surface area contributed by atoms with E-state index in [1.165, 1.54) is 18.4 Å². The Balaban J connectivity index is 2.26. The van der Waals surface area contributed by atoms with Gasteiger partial charge in [-0.2, -0.15) is 0 Å². The zero-order chi connectivity index (χ0) is 12.5. The Hall–Kier alpha value is -1.13. The van der Waals surface area contributed by atoms with E-state index in [0.29, 0.717) is 10.2 Å². The van der Waals surface area contributed by atoms with Crippen LogP contribution in [0.1, 0.15) is 18.2 Å². The molecule has 0 amide bonds. The molecule has 0 fully saturated rings. The zero-order valence-electron chi connectivity index (χ0n) is 9.28. The van der Waals surface area contributed by atoms with Crippen LogP contribution in [0.15, 0.2) is 45.5 Å². The van der Waals surface area contributed by atoms with E-state index in [0.717, 1.165) is 5.56 Å². The molecule has 2 nitrogen and oxygen atoms in total. The molecule has 0 saturated carbocycles. The molecule has 2 aromatic rings. The minimum absolute atomic E-state index is 0.289. The molecule has 17 heavy (non-hydrogen) atoms. The summed E-state index contributed by atoms with van der Waals surface area (Å²) in [5, 5.41) is 10.4. The second-order valence-corrected chi connectivity index (χ2v) is 5.03. The average molecular weight is 299 g/mol. The van der Waals surface area contributed by atoms with Gasteiger partial charge in [-0.3, -0.25) is 0 Å². The molecule has 0 aliphatic rings. The molecule has 0 aliphatic carbocycles. The molecule has 1 unspecified atom stereocenters. The van der Waals surface area contributed by atoms with Crippen molar-refractivity contribution in [2.24, 2.45) is 0 Å².